The van der Waals surface area contributed by atoms with Crippen LogP contribution in [0.25, 0.3) is 0 Å². The summed E-state index contributed by atoms with van der Waals surface area (Å²) < 4.78 is 9.93. The number of aromatic nitrogens is 1. The number of carbonyl (C=O) groups excluding carboxylic acids is 3. The maximum Gasteiger partial charge on any atom is 0.303 e. The Morgan fingerprint density at radius 3 is 2.62 bits per heavy atom. The Labute approximate surface area is 157 Å². The van der Waals surface area contributed by atoms with Crippen LogP contribution in [0.4, 0.5) is 0 Å². The number of carbonyl (C=O) groups is 3. The van der Waals surface area contributed by atoms with Gasteiger partial charge in [-0.3, -0.25) is 19.4 Å². The molecule has 0 unspecified atom stereocenters. The topological polar surface area (TPSA) is 121 Å². The molecule has 0 aromatic carbocycles. The molecule has 2 atom stereocenters. The molecule has 26 heavy (non-hydrogen) atoms. The summed E-state index contributed by atoms with van der Waals surface area (Å²) in [5, 5.41) is 2.77. The van der Waals surface area contributed by atoms with Gasteiger partial charge in [0.2, 0.25) is 5.91 Å². The lowest BCUT2D eigenvalue weighted by atomic mass is 10.2. The first kappa shape index (κ1) is 21.9. The molecule has 9 heteroatoms. The number of thioether (sulfide) groups is 1. The largest absolute Gasteiger partial charge is 0.462 e. The van der Waals surface area contributed by atoms with E-state index in [2.05, 4.69) is 10.3 Å². The van der Waals surface area contributed by atoms with Crippen LogP contribution in [0.2, 0.25) is 0 Å². The van der Waals surface area contributed by atoms with Crippen molar-refractivity contribution in [3.8, 4) is 0 Å². The van der Waals surface area contributed by atoms with E-state index in [0.29, 0.717) is 24.5 Å². The molecule has 0 radical (unpaired) electrons. The zero-order valence-corrected chi connectivity index (χ0v) is 15.8. The predicted molar refractivity (Wildman–Crippen MR) is 98.4 cm³/mol. The number of pyridine rings is 1. The number of hydrogen-bond donors (Lipinski definition) is 2. The van der Waals surface area contributed by atoms with Gasteiger partial charge in [-0.15, -0.1) is 0 Å². The van der Waals surface area contributed by atoms with Crippen LogP contribution < -0.4 is 11.1 Å². The van der Waals surface area contributed by atoms with Gasteiger partial charge in [-0.25, -0.2) is 0 Å². The second kappa shape index (κ2) is 12.3. The highest BCUT2D eigenvalue weighted by molar-refractivity contribution is 7.99. The molecule has 1 rings (SSSR count). The lowest BCUT2D eigenvalue weighted by Gasteiger charge is -2.17. The molecule has 0 aliphatic rings. The number of rotatable bonds is 11. The predicted octanol–water partition coefficient (Wildman–Crippen LogP) is 0.296. The van der Waals surface area contributed by atoms with E-state index in [1.54, 1.807) is 6.20 Å². The van der Waals surface area contributed by atoms with Crippen molar-refractivity contribution < 1.29 is 23.9 Å². The number of esters is 2. The van der Waals surface area contributed by atoms with Crippen LogP contribution in [0.5, 0.6) is 0 Å². The normalized spacial score (nSPS) is 12.7. The van der Waals surface area contributed by atoms with Crippen molar-refractivity contribution in [2.45, 2.75) is 32.4 Å². The Hall–Kier alpha value is -2.13. The van der Waals surface area contributed by atoms with Gasteiger partial charge in [0, 0.05) is 50.2 Å². The first-order valence-corrected chi connectivity index (χ1v) is 9.35. The third-order valence-corrected chi connectivity index (χ3v) is 4.35. The van der Waals surface area contributed by atoms with Gasteiger partial charge in [0.05, 0.1) is 6.04 Å². The van der Waals surface area contributed by atoms with Gasteiger partial charge >= 0.3 is 11.9 Å². The summed E-state index contributed by atoms with van der Waals surface area (Å²) in [5.74, 6) is -0.428. The highest BCUT2D eigenvalue weighted by Gasteiger charge is 2.17. The van der Waals surface area contributed by atoms with Crippen LogP contribution in [0.15, 0.2) is 24.4 Å². The highest BCUT2D eigenvalue weighted by Crippen LogP contribution is 2.09. The molecule has 8 nitrogen and oxygen atoms in total. The summed E-state index contributed by atoms with van der Waals surface area (Å²) in [6, 6.07) is 4.93. The van der Waals surface area contributed by atoms with Gasteiger partial charge in [-0.1, -0.05) is 6.07 Å². The van der Waals surface area contributed by atoms with Crippen molar-refractivity contribution in [2.75, 3.05) is 24.7 Å². The second-order valence-corrected chi connectivity index (χ2v) is 6.61. The molecular formula is C17H25N3O5S. The molecule has 0 aliphatic heterocycles. The molecule has 0 spiro atoms. The minimum absolute atomic E-state index is 0.0204. The molecule has 0 saturated carbocycles. The average Bonchev–Trinajstić information content (AvgIpc) is 2.59. The smallest absolute Gasteiger partial charge is 0.303 e. The Kier molecular flexibility index (Phi) is 10.3. The number of nitrogens with zero attached hydrogens (tertiary/aromatic N) is 1. The van der Waals surface area contributed by atoms with Crippen molar-refractivity contribution >= 4 is 29.6 Å². The van der Waals surface area contributed by atoms with Crippen molar-refractivity contribution in [3.05, 3.63) is 30.1 Å². The maximum atomic E-state index is 12.0. The third kappa shape index (κ3) is 10.00. The molecule has 144 valence electrons. The van der Waals surface area contributed by atoms with Crippen LogP contribution in [-0.4, -0.2) is 59.6 Å². The highest BCUT2D eigenvalue weighted by atomic mass is 32.2. The van der Waals surface area contributed by atoms with E-state index in [-0.39, 0.29) is 12.5 Å². The Bertz CT molecular complexity index is 585. The van der Waals surface area contributed by atoms with Crippen molar-refractivity contribution in [2.24, 2.45) is 5.73 Å². The van der Waals surface area contributed by atoms with Crippen LogP contribution in [0.3, 0.4) is 0 Å². The molecule has 1 heterocycles. The summed E-state index contributed by atoms with van der Waals surface area (Å²) in [5.41, 5.74) is 6.76. The van der Waals surface area contributed by atoms with E-state index in [0.717, 1.165) is 5.69 Å². The van der Waals surface area contributed by atoms with Crippen LogP contribution in [0.1, 0.15) is 19.5 Å². The van der Waals surface area contributed by atoms with Gasteiger partial charge in [0.1, 0.15) is 12.7 Å². The van der Waals surface area contributed by atoms with Crippen molar-refractivity contribution in [1.29, 1.82) is 0 Å². The molecular weight excluding hydrogens is 358 g/mol. The molecule has 1 aromatic heterocycles. The van der Waals surface area contributed by atoms with Crippen LogP contribution in [0, 0.1) is 0 Å². The number of amides is 1. The molecule has 1 amide bonds. The molecule has 3 N–H and O–H groups in total. The fraction of sp³-hybridized carbons (Fsp3) is 0.529. The number of ether oxygens (including phenoxy) is 2. The minimum atomic E-state index is -0.685. The number of nitrogens with one attached hydrogen (secondary N) is 1. The van der Waals surface area contributed by atoms with E-state index >= 15 is 0 Å². The Morgan fingerprint density at radius 1 is 1.23 bits per heavy atom. The standard InChI is InChI=1S/C17H25N3O5S/c1-12(21)24-9-15(25-13(2)22)10-26-11-16(18)17(23)20-8-6-14-5-3-4-7-19-14/h3-5,7,15-16H,6,8-11,18H2,1-2H3,(H,20,23)/t15-,16+/m1/s1. The summed E-state index contributed by atoms with van der Waals surface area (Å²) in [6.07, 6.45) is 1.76. The van der Waals surface area contributed by atoms with Gasteiger partial charge in [-0.2, -0.15) is 11.8 Å². The zero-order chi connectivity index (χ0) is 19.4. The fourth-order valence-corrected chi connectivity index (χ4v) is 2.92. The summed E-state index contributed by atoms with van der Waals surface area (Å²) in [6.45, 7) is 3.00. The summed E-state index contributed by atoms with van der Waals surface area (Å²) in [7, 11) is 0. The van der Waals surface area contributed by atoms with Gasteiger partial charge < -0.3 is 20.5 Å². The lowest BCUT2D eigenvalue weighted by molar-refractivity contribution is -0.154. The van der Waals surface area contributed by atoms with Crippen LogP contribution in [-0.2, 0) is 30.3 Å². The maximum absolute atomic E-state index is 12.0. The molecule has 0 fully saturated rings. The van der Waals surface area contributed by atoms with E-state index in [1.165, 1.54) is 25.6 Å². The molecule has 0 aliphatic carbocycles. The molecule has 0 bridgehead atoms. The van der Waals surface area contributed by atoms with E-state index in [9.17, 15) is 14.4 Å². The first-order valence-electron chi connectivity index (χ1n) is 8.20. The van der Waals surface area contributed by atoms with E-state index in [1.807, 2.05) is 18.2 Å². The third-order valence-electron chi connectivity index (χ3n) is 3.15. The Balaban J connectivity index is 2.27. The molecule has 0 saturated heterocycles. The average molecular weight is 383 g/mol. The fourth-order valence-electron chi connectivity index (χ4n) is 1.95. The van der Waals surface area contributed by atoms with Gasteiger partial charge in [0.25, 0.3) is 0 Å². The summed E-state index contributed by atoms with van der Waals surface area (Å²) in [4.78, 5) is 38.1. The molecule has 1 aromatic rings. The zero-order valence-electron chi connectivity index (χ0n) is 15.0. The number of nitrogens with two attached hydrogens (primary N) is 1. The van der Waals surface area contributed by atoms with Crippen molar-refractivity contribution in [3.63, 3.8) is 0 Å². The van der Waals surface area contributed by atoms with Crippen LogP contribution >= 0.6 is 11.8 Å². The summed E-state index contributed by atoms with van der Waals surface area (Å²) >= 11 is 1.35. The monoisotopic (exact) mass is 383 g/mol. The van der Waals surface area contributed by atoms with E-state index < -0.39 is 24.1 Å². The number of hydrogen-bond acceptors (Lipinski definition) is 8. The minimum Gasteiger partial charge on any atom is -0.462 e. The van der Waals surface area contributed by atoms with Crippen molar-refractivity contribution in [1.82, 2.24) is 10.3 Å². The van der Waals surface area contributed by atoms with Gasteiger partial charge in [0.15, 0.2) is 0 Å². The van der Waals surface area contributed by atoms with E-state index in [4.69, 9.17) is 15.2 Å². The SMILES string of the molecule is CC(=O)OC[C@H](CSC[C@H](N)C(=O)NCCc1ccccn1)OC(C)=O. The second-order valence-electron chi connectivity index (χ2n) is 5.54. The first-order chi connectivity index (χ1) is 12.4. The Morgan fingerprint density at radius 2 is 2.00 bits per heavy atom. The van der Waals surface area contributed by atoms with Gasteiger partial charge in [-0.05, 0) is 12.1 Å². The lowest BCUT2D eigenvalue weighted by Crippen LogP contribution is -2.43. The quantitative estimate of drug-likeness (QED) is 0.523.